The number of carbonyl (C=O) groups is 1. The van der Waals surface area contributed by atoms with Crippen molar-refractivity contribution in [3.05, 3.63) is 11.6 Å². The van der Waals surface area contributed by atoms with Gasteiger partial charge in [0.1, 0.15) is 0 Å². The molecule has 16 heavy (non-hydrogen) atoms. The lowest BCUT2D eigenvalue weighted by atomic mass is 9.73. The van der Waals surface area contributed by atoms with E-state index in [1.54, 1.807) is 0 Å². The maximum atomic E-state index is 12.0. The molecule has 0 radical (unpaired) electrons. The molecule has 1 saturated heterocycles. The number of Topliss-reactive ketones (excluding diaryl/α,β-unsaturated/α-hetero) is 1. The van der Waals surface area contributed by atoms with Gasteiger partial charge in [-0.05, 0) is 31.2 Å². The van der Waals surface area contributed by atoms with Gasteiger partial charge in [0.25, 0.3) is 0 Å². The van der Waals surface area contributed by atoms with Crippen molar-refractivity contribution in [3.8, 4) is 0 Å². The second-order valence-electron chi connectivity index (χ2n) is 5.81. The second kappa shape index (κ2) is 3.99. The highest BCUT2D eigenvalue weighted by atomic mass is 16.1. The van der Waals surface area contributed by atoms with Crippen molar-refractivity contribution in [1.29, 1.82) is 0 Å². The lowest BCUT2D eigenvalue weighted by molar-refractivity contribution is -0.116. The molecule has 2 unspecified atom stereocenters. The molecule has 1 aliphatic carbocycles. The van der Waals surface area contributed by atoms with Gasteiger partial charge >= 0.3 is 0 Å². The topological polar surface area (TPSA) is 20.3 Å². The zero-order chi connectivity index (χ0) is 11.9. The Kier molecular flexibility index (Phi) is 2.95. The van der Waals surface area contributed by atoms with Crippen LogP contribution in [0.3, 0.4) is 0 Å². The first kappa shape index (κ1) is 11.8. The molecule has 90 valence electrons. The Balaban J connectivity index is 2.39. The van der Waals surface area contributed by atoms with Crippen molar-refractivity contribution < 1.29 is 4.79 Å². The predicted molar refractivity (Wildman–Crippen MR) is 66.3 cm³/mol. The van der Waals surface area contributed by atoms with Crippen LogP contribution in [0.5, 0.6) is 0 Å². The van der Waals surface area contributed by atoms with Crippen LogP contribution in [0.2, 0.25) is 0 Å². The monoisotopic (exact) mass is 221 g/mol. The minimum Gasteiger partial charge on any atom is -0.299 e. The average molecular weight is 221 g/mol. The third-order valence-corrected chi connectivity index (χ3v) is 4.66. The second-order valence-corrected chi connectivity index (χ2v) is 5.81. The first-order valence-electron chi connectivity index (χ1n) is 6.43. The van der Waals surface area contributed by atoms with Crippen LogP contribution in [0.1, 0.15) is 40.0 Å². The fraction of sp³-hybridized carbons (Fsp3) is 0.786. The standard InChI is InChI=1S/C14H23NO/c1-5-13(16)11-8-10(2)14(3)7-6-12(11)15(4)9-14/h8,10,12H,5-7,9H2,1-4H3/t10-,12?,14?/m0/s1. The van der Waals surface area contributed by atoms with Gasteiger partial charge < -0.3 is 0 Å². The van der Waals surface area contributed by atoms with Crippen LogP contribution in [0.15, 0.2) is 11.6 Å². The van der Waals surface area contributed by atoms with Gasteiger partial charge in [0, 0.05) is 24.6 Å². The summed E-state index contributed by atoms with van der Waals surface area (Å²) in [7, 11) is 2.16. The Morgan fingerprint density at radius 1 is 1.62 bits per heavy atom. The minimum absolute atomic E-state index is 0.342. The fourth-order valence-corrected chi connectivity index (χ4v) is 3.27. The molecule has 2 bridgehead atoms. The van der Waals surface area contributed by atoms with Crippen LogP contribution in [0.4, 0.5) is 0 Å². The molecule has 0 amide bonds. The van der Waals surface area contributed by atoms with E-state index in [4.69, 9.17) is 0 Å². The van der Waals surface area contributed by atoms with Gasteiger partial charge in [0.15, 0.2) is 5.78 Å². The lowest BCUT2D eigenvalue weighted by Gasteiger charge is -2.43. The smallest absolute Gasteiger partial charge is 0.159 e. The minimum atomic E-state index is 0.342. The Morgan fingerprint density at radius 3 is 2.88 bits per heavy atom. The number of hydrogen-bond acceptors (Lipinski definition) is 2. The molecule has 2 heterocycles. The number of carbonyl (C=O) groups excluding carboxylic acids is 1. The molecule has 0 aromatic heterocycles. The summed E-state index contributed by atoms with van der Waals surface area (Å²) >= 11 is 0. The summed E-state index contributed by atoms with van der Waals surface area (Å²) in [5.41, 5.74) is 1.44. The summed E-state index contributed by atoms with van der Waals surface area (Å²) in [6.45, 7) is 7.72. The van der Waals surface area contributed by atoms with Gasteiger partial charge in [0.2, 0.25) is 0 Å². The number of ketones is 1. The number of piperidine rings is 1. The van der Waals surface area contributed by atoms with Crippen molar-refractivity contribution in [2.24, 2.45) is 11.3 Å². The maximum Gasteiger partial charge on any atom is 0.159 e. The third-order valence-electron chi connectivity index (χ3n) is 4.66. The maximum absolute atomic E-state index is 12.0. The van der Waals surface area contributed by atoms with E-state index >= 15 is 0 Å². The molecule has 0 N–H and O–H groups in total. The van der Waals surface area contributed by atoms with Crippen LogP contribution in [-0.2, 0) is 4.79 Å². The van der Waals surface area contributed by atoms with Crippen molar-refractivity contribution in [2.45, 2.75) is 46.1 Å². The zero-order valence-corrected chi connectivity index (χ0v) is 10.9. The summed E-state index contributed by atoms with van der Waals surface area (Å²) in [5, 5.41) is 0. The summed E-state index contributed by atoms with van der Waals surface area (Å²) in [5.74, 6) is 0.864. The quantitative estimate of drug-likeness (QED) is 0.714. The van der Waals surface area contributed by atoms with E-state index in [9.17, 15) is 4.79 Å². The molecule has 2 aliphatic heterocycles. The molecule has 2 heteroatoms. The van der Waals surface area contributed by atoms with Crippen LogP contribution >= 0.6 is 0 Å². The summed E-state index contributed by atoms with van der Waals surface area (Å²) in [6.07, 6.45) is 5.29. The van der Waals surface area contributed by atoms with Crippen molar-refractivity contribution in [3.63, 3.8) is 0 Å². The highest BCUT2D eigenvalue weighted by Gasteiger charge is 2.43. The molecular weight excluding hydrogens is 198 g/mol. The van der Waals surface area contributed by atoms with Crippen LogP contribution in [-0.4, -0.2) is 30.3 Å². The van der Waals surface area contributed by atoms with Crippen molar-refractivity contribution >= 4 is 5.78 Å². The molecule has 3 aliphatic rings. The number of likely N-dealkylation sites (N-methyl/N-ethyl adjacent to an activating group) is 1. The lowest BCUT2D eigenvalue weighted by Crippen LogP contribution is -2.46. The molecule has 0 spiro atoms. The van der Waals surface area contributed by atoms with E-state index in [0.717, 1.165) is 18.5 Å². The van der Waals surface area contributed by atoms with Gasteiger partial charge in [-0.25, -0.2) is 0 Å². The number of nitrogens with zero attached hydrogens (tertiary/aromatic N) is 1. The van der Waals surface area contributed by atoms with Gasteiger partial charge in [-0.15, -0.1) is 0 Å². The van der Waals surface area contributed by atoms with Crippen LogP contribution < -0.4 is 0 Å². The fourth-order valence-electron chi connectivity index (χ4n) is 3.27. The van der Waals surface area contributed by atoms with Crippen LogP contribution in [0.25, 0.3) is 0 Å². The Labute approximate surface area is 98.7 Å². The van der Waals surface area contributed by atoms with Gasteiger partial charge in [-0.1, -0.05) is 26.8 Å². The summed E-state index contributed by atoms with van der Waals surface area (Å²) < 4.78 is 0. The molecule has 0 aromatic rings. The van der Waals surface area contributed by atoms with E-state index < -0.39 is 0 Å². The van der Waals surface area contributed by atoms with Gasteiger partial charge in [-0.3, -0.25) is 9.69 Å². The largest absolute Gasteiger partial charge is 0.299 e. The van der Waals surface area contributed by atoms with Crippen molar-refractivity contribution in [1.82, 2.24) is 4.90 Å². The molecule has 2 nitrogen and oxygen atoms in total. The van der Waals surface area contributed by atoms with E-state index in [1.807, 2.05) is 6.92 Å². The highest BCUT2D eigenvalue weighted by Crippen LogP contribution is 2.44. The number of rotatable bonds is 2. The summed E-state index contributed by atoms with van der Waals surface area (Å²) in [6, 6.07) is 0.380. The number of hydrogen-bond donors (Lipinski definition) is 0. The van der Waals surface area contributed by atoms with E-state index in [0.29, 0.717) is 29.6 Å². The molecule has 3 rings (SSSR count). The van der Waals surface area contributed by atoms with Crippen LogP contribution in [0, 0.1) is 11.3 Å². The van der Waals surface area contributed by atoms with Gasteiger partial charge in [-0.2, -0.15) is 0 Å². The SMILES string of the molecule is CCC(=O)C1=C[C@H](C)C2(C)CCC1N(C)C2. The Morgan fingerprint density at radius 2 is 2.31 bits per heavy atom. The number of allylic oxidation sites excluding steroid dienone is 1. The van der Waals surface area contributed by atoms with Crippen molar-refractivity contribution in [2.75, 3.05) is 13.6 Å². The van der Waals surface area contributed by atoms with Gasteiger partial charge in [0.05, 0.1) is 0 Å². The Bertz CT molecular complexity index is 334. The highest BCUT2D eigenvalue weighted by molar-refractivity contribution is 5.96. The Hall–Kier alpha value is -0.630. The van der Waals surface area contributed by atoms with E-state index in [-0.39, 0.29) is 0 Å². The van der Waals surface area contributed by atoms with E-state index in [2.05, 4.69) is 31.9 Å². The molecule has 1 fully saturated rings. The first-order valence-corrected chi connectivity index (χ1v) is 6.43. The number of fused-ring (bicyclic) bond motifs is 3. The summed E-state index contributed by atoms with van der Waals surface area (Å²) in [4.78, 5) is 14.4. The normalized spacial score (nSPS) is 39.4. The molecule has 0 aromatic carbocycles. The molecule has 3 atom stereocenters. The molecular formula is C14H23NO. The predicted octanol–water partition coefficient (Wildman–Crippen LogP) is 2.64. The van der Waals surface area contributed by atoms with E-state index in [1.165, 1.54) is 6.42 Å². The average Bonchev–Trinajstić information content (AvgIpc) is 2.42. The third kappa shape index (κ3) is 1.73. The first-order chi connectivity index (χ1) is 7.48. The zero-order valence-electron chi connectivity index (χ0n) is 10.9. The molecule has 0 saturated carbocycles.